The Labute approximate surface area is 275 Å². The average molecular weight is 595 g/mol. The summed E-state index contributed by atoms with van der Waals surface area (Å²) >= 11 is 0. The third kappa shape index (κ3) is 7.36. The Hall–Kier alpha value is -5.20. The van der Waals surface area contributed by atoms with Crippen molar-refractivity contribution in [1.29, 1.82) is 0 Å². The smallest absolute Gasteiger partial charge is 0.00229 e. The molecule has 226 valence electrons. The zero-order valence-electron chi connectivity index (χ0n) is 27.0. The molecule has 5 aromatic rings. The molecule has 0 amide bonds. The first-order valence-corrected chi connectivity index (χ1v) is 16.4. The summed E-state index contributed by atoms with van der Waals surface area (Å²) in [6.07, 6.45) is 17.0. The molecule has 0 unspecified atom stereocenters. The normalized spacial score (nSPS) is 13.4. The molecule has 0 radical (unpaired) electrons. The molecule has 0 nitrogen and oxygen atoms in total. The van der Waals surface area contributed by atoms with Gasteiger partial charge in [0, 0.05) is 0 Å². The van der Waals surface area contributed by atoms with Crippen LogP contribution in [0.1, 0.15) is 53.1 Å². The summed E-state index contributed by atoms with van der Waals surface area (Å²) in [7, 11) is 0. The molecule has 0 aromatic heterocycles. The second-order valence-corrected chi connectivity index (χ2v) is 12.1. The zero-order valence-corrected chi connectivity index (χ0v) is 27.0. The van der Waals surface area contributed by atoms with Crippen molar-refractivity contribution in [2.45, 2.75) is 39.5 Å². The minimum absolute atomic E-state index is 0.920. The Kier molecular flexibility index (Phi) is 9.86. The molecule has 0 aliphatic heterocycles. The summed E-state index contributed by atoms with van der Waals surface area (Å²) in [5.41, 5.74) is 16.9. The maximum absolute atomic E-state index is 3.78. The van der Waals surface area contributed by atoms with Gasteiger partial charge in [0.2, 0.25) is 0 Å². The first-order valence-electron chi connectivity index (χ1n) is 16.4. The Morgan fingerprint density at radius 1 is 0.630 bits per heavy atom. The van der Waals surface area contributed by atoms with E-state index in [1.165, 1.54) is 72.4 Å². The number of hydrogen-bond acceptors (Lipinski definition) is 0. The summed E-state index contributed by atoms with van der Waals surface area (Å²) in [6.45, 7) is 8.10. The van der Waals surface area contributed by atoms with Gasteiger partial charge in [0.05, 0.1) is 0 Å². The van der Waals surface area contributed by atoms with E-state index in [4.69, 9.17) is 0 Å². The summed E-state index contributed by atoms with van der Waals surface area (Å²) in [6, 6.07) is 44.6. The van der Waals surface area contributed by atoms with Crippen molar-refractivity contribution in [2.75, 3.05) is 0 Å². The van der Waals surface area contributed by atoms with E-state index in [0.717, 1.165) is 25.7 Å². The molecule has 1 aliphatic rings. The van der Waals surface area contributed by atoms with Crippen LogP contribution in [0.2, 0.25) is 0 Å². The van der Waals surface area contributed by atoms with E-state index in [1.54, 1.807) is 0 Å². The number of rotatable bonds is 10. The molecule has 0 heterocycles. The third-order valence-corrected chi connectivity index (χ3v) is 8.93. The van der Waals surface area contributed by atoms with Crippen molar-refractivity contribution >= 4 is 11.1 Å². The SMILES string of the molecule is C=C/C=C\C(=C/C)c1ccc(Cc2ccc(-c3ccc(-c4ccc(C5=CCCC=C5Cc5ccccc5)c(C)c4)cc3)cc2)cc1. The predicted molar refractivity (Wildman–Crippen MR) is 200 cm³/mol. The van der Waals surface area contributed by atoms with Gasteiger partial charge in [-0.1, -0.05) is 164 Å². The van der Waals surface area contributed by atoms with E-state index in [-0.39, 0.29) is 0 Å². The van der Waals surface area contributed by atoms with Gasteiger partial charge in [-0.2, -0.15) is 0 Å². The van der Waals surface area contributed by atoms with E-state index < -0.39 is 0 Å². The summed E-state index contributed by atoms with van der Waals surface area (Å²) in [5, 5.41) is 0. The van der Waals surface area contributed by atoms with E-state index in [9.17, 15) is 0 Å². The molecule has 0 fully saturated rings. The van der Waals surface area contributed by atoms with Crippen molar-refractivity contribution in [2.24, 2.45) is 0 Å². The minimum atomic E-state index is 0.920. The molecule has 0 N–H and O–H groups in total. The molecule has 0 heteroatoms. The summed E-state index contributed by atoms with van der Waals surface area (Å²) in [5.74, 6) is 0. The average Bonchev–Trinajstić information content (AvgIpc) is 3.10. The van der Waals surface area contributed by atoms with Crippen LogP contribution in [0.4, 0.5) is 0 Å². The third-order valence-electron chi connectivity index (χ3n) is 8.93. The first-order chi connectivity index (χ1) is 22.6. The molecule has 0 spiro atoms. The van der Waals surface area contributed by atoms with Crippen LogP contribution >= 0.6 is 0 Å². The maximum Gasteiger partial charge on any atom is -0.00229 e. The second-order valence-electron chi connectivity index (χ2n) is 12.1. The predicted octanol–water partition coefficient (Wildman–Crippen LogP) is 12.4. The fourth-order valence-electron chi connectivity index (χ4n) is 6.39. The molecule has 0 bridgehead atoms. The summed E-state index contributed by atoms with van der Waals surface area (Å²) < 4.78 is 0. The van der Waals surface area contributed by atoms with Crippen LogP contribution < -0.4 is 0 Å². The fourth-order valence-corrected chi connectivity index (χ4v) is 6.39. The highest BCUT2D eigenvalue weighted by Crippen LogP contribution is 2.35. The number of aryl methyl sites for hydroxylation is 1. The van der Waals surface area contributed by atoms with Crippen LogP contribution in [0, 0.1) is 6.92 Å². The molecule has 0 saturated heterocycles. The highest BCUT2D eigenvalue weighted by atomic mass is 14.2. The lowest BCUT2D eigenvalue weighted by atomic mass is 9.85. The zero-order chi connectivity index (χ0) is 31.7. The van der Waals surface area contributed by atoms with Crippen molar-refractivity contribution in [3.63, 3.8) is 0 Å². The van der Waals surface area contributed by atoms with Crippen LogP contribution in [0.15, 0.2) is 170 Å². The standard InChI is InChI=1S/C46H42/c1-4-6-14-38(5-2)39-21-17-36(18-22-39)32-37-19-23-40(24-20-37)41-25-27-42(28-26-41)43-29-30-45(34(3)31-43)46-16-11-10-15-44(46)33-35-12-8-7-9-13-35/h4-9,12-31H,1,10-11,32-33H2,2-3H3/b14-6-,38-5+. The monoisotopic (exact) mass is 594 g/mol. The van der Waals surface area contributed by atoms with Crippen LogP contribution in [-0.2, 0) is 12.8 Å². The molecular weight excluding hydrogens is 553 g/mol. The largest absolute Gasteiger partial charge is 0.0991 e. The minimum Gasteiger partial charge on any atom is -0.0991 e. The van der Waals surface area contributed by atoms with Gasteiger partial charge in [-0.05, 0) is 112 Å². The molecule has 0 atom stereocenters. The van der Waals surface area contributed by atoms with Crippen LogP contribution in [-0.4, -0.2) is 0 Å². The van der Waals surface area contributed by atoms with E-state index in [2.05, 4.69) is 166 Å². The van der Waals surface area contributed by atoms with E-state index in [1.807, 2.05) is 12.2 Å². The van der Waals surface area contributed by atoms with Crippen molar-refractivity contribution < 1.29 is 0 Å². The van der Waals surface area contributed by atoms with Gasteiger partial charge in [-0.3, -0.25) is 0 Å². The lowest BCUT2D eigenvalue weighted by Gasteiger charge is -2.19. The second kappa shape index (κ2) is 14.7. The first kappa shape index (κ1) is 30.8. The van der Waals surface area contributed by atoms with Gasteiger partial charge >= 0.3 is 0 Å². The fraction of sp³-hybridized carbons (Fsp3) is 0.130. The van der Waals surface area contributed by atoms with Crippen LogP contribution in [0.5, 0.6) is 0 Å². The highest BCUT2D eigenvalue weighted by molar-refractivity contribution is 5.83. The topological polar surface area (TPSA) is 0 Å². The van der Waals surface area contributed by atoms with Crippen molar-refractivity contribution in [1.82, 2.24) is 0 Å². The van der Waals surface area contributed by atoms with Gasteiger partial charge in [-0.25, -0.2) is 0 Å². The Morgan fingerprint density at radius 2 is 1.20 bits per heavy atom. The number of hydrogen-bond donors (Lipinski definition) is 0. The van der Waals surface area contributed by atoms with Crippen LogP contribution in [0.25, 0.3) is 33.4 Å². The van der Waals surface area contributed by atoms with Gasteiger partial charge in [0.25, 0.3) is 0 Å². The van der Waals surface area contributed by atoms with Gasteiger partial charge in [0.1, 0.15) is 0 Å². The lowest BCUT2D eigenvalue weighted by Crippen LogP contribution is -2.01. The maximum atomic E-state index is 3.78. The molecular formula is C46H42. The van der Waals surface area contributed by atoms with Gasteiger partial charge < -0.3 is 0 Å². The highest BCUT2D eigenvalue weighted by Gasteiger charge is 2.15. The van der Waals surface area contributed by atoms with Gasteiger partial charge in [-0.15, -0.1) is 0 Å². The molecule has 6 rings (SSSR count). The lowest BCUT2D eigenvalue weighted by molar-refractivity contribution is 1.00. The van der Waals surface area contributed by atoms with Crippen molar-refractivity contribution in [3.8, 4) is 22.3 Å². The van der Waals surface area contributed by atoms with E-state index in [0.29, 0.717) is 0 Å². The summed E-state index contributed by atoms with van der Waals surface area (Å²) in [4.78, 5) is 0. The Morgan fingerprint density at radius 3 is 1.83 bits per heavy atom. The number of allylic oxidation sites excluding steroid dienone is 9. The molecule has 0 saturated carbocycles. The van der Waals surface area contributed by atoms with Crippen LogP contribution in [0.3, 0.4) is 0 Å². The molecule has 46 heavy (non-hydrogen) atoms. The quantitative estimate of drug-likeness (QED) is 0.141. The molecule has 5 aromatic carbocycles. The Balaban J connectivity index is 1.12. The van der Waals surface area contributed by atoms with E-state index >= 15 is 0 Å². The number of benzene rings is 5. The van der Waals surface area contributed by atoms with Crippen molar-refractivity contribution in [3.05, 3.63) is 203 Å². The van der Waals surface area contributed by atoms with Gasteiger partial charge in [0.15, 0.2) is 0 Å². The molecule has 1 aliphatic carbocycles. The Bertz CT molecular complexity index is 1910.